The summed E-state index contributed by atoms with van der Waals surface area (Å²) in [5, 5.41) is 10.6. The predicted octanol–water partition coefficient (Wildman–Crippen LogP) is 2.32. The molecule has 0 atom stereocenters. The summed E-state index contributed by atoms with van der Waals surface area (Å²) in [5.74, 6) is 0.428. The van der Waals surface area contributed by atoms with Gasteiger partial charge in [0.25, 0.3) is 5.69 Å². The number of hydrogen-bond donors (Lipinski definition) is 1. The molecule has 0 aliphatic rings. The first-order valence-electron chi connectivity index (χ1n) is 5.36. The SMILES string of the molecule is O=[N+]([O-])c1cc(S(=O)(=O)NCc2ccco2)ccc1Cl. The van der Waals surface area contributed by atoms with Gasteiger partial charge in [0, 0.05) is 6.07 Å². The lowest BCUT2D eigenvalue weighted by atomic mass is 10.3. The summed E-state index contributed by atoms with van der Waals surface area (Å²) < 4.78 is 31.3. The maximum Gasteiger partial charge on any atom is 0.289 e. The van der Waals surface area contributed by atoms with Crippen molar-refractivity contribution in [2.75, 3.05) is 0 Å². The van der Waals surface area contributed by atoms with Crippen LogP contribution in [-0.4, -0.2) is 13.3 Å². The van der Waals surface area contributed by atoms with Gasteiger partial charge in [0.2, 0.25) is 10.0 Å². The van der Waals surface area contributed by atoms with E-state index in [-0.39, 0.29) is 16.5 Å². The predicted molar refractivity (Wildman–Crippen MR) is 70.8 cm³/mol. The quantitative estimate of drug-likeness (QED) is 0.673. The van der Waals surface area contributed by atoms with Crippen LogP contribution in [0.2, 0.25) is 5.02 Å². The van der Waals surface area contributed by atoms with E-state index in [0.717, 1.165) is 6.07 Å². The Hall–Kier alpha value is -1.90. The standard InChI is InChI=1S/C11H9ClN2O5S/c12-10-4-3-9(6-11(10)14(15)16)20(17,18)13-7-8-2-1-5-19-8/h1-6,13H,7H2. The van der Waals surface area contributed by atoms with Crippen LogP contribution in [0.4, 0.5) is 5.69 Å². The number of hydrogen-bond acceptors (Lipinski definition) is 5. The highest BCUT2D eigenvalue weighted by Crippen LogP contribution is 2.27. The Bertz CT molecular complexity index is 727. The fraction of sp³-hybridized carbons (Fsp3) is 0.0909. The van der Waals surface area contributed by atoms with E-state index in [4.69, 9.17) is 16.0 Å². The van der Waals surface area contributed by atoms with Crippen molar-refractivity contribution < 1.29 is 17.8 Å². The zero-order valence-corrected chi connectivity index (χ0v) is 11.5. The van der Waals surface area contributed by atoms with Gasteiger partial charge in [-0.3, -0.25) is 10.1 Å². The van der Waals surface area contributed by atoms with E-state index >= 15 is 0 Å². The topological polar surface area (TPSA) is 102 Å². The molecule has 1 heterocycles. The summed E-state index contributed by atoms with van der Waals surface area (Å²) in [4.78, 5) is 9.76. The Labute approximate surface area is 119 Å². The van der Waals surface area contributed by atoms with Crippen LogP contribution in [0.25, 0.3) is 0 Å². The van der Waals surface area contributed by atoms with Crippen molar-refractivity contribution in [3.05, 3.63) is 57.5 Å². The highest BCUT2D eigenvalue weighted by atomic mass is 35.5. The van der Waals surface area contributed by atoms with E-state index in [2.05, 4.69) is 4.72 Å². The molecule has 1 aromatic carbocycles. The first-order valence-corrected chi connectivity index (χ1v) is 7.22. The van der Waals surface area contributed by atoms with Gasteiger partial charge in [-0.25, -0.2) is 13.1 Å². The summed E-state index contributed by atoms with van der Waals surface area (Å²) in [5.41, 5.74) is -0.465. The minimum Gasteiger partial charge on any atom is -0.468 e. The molecule has 0 radical (unpaired) electrons. The molecule has 106 valence electrons. The molecule has 0 bridgehead atoms. The summed E-state index contributed by atoms with van der Waals surface area (Å²) in [6, 6.07) is 6.50. The normalized spacial score (nSPS) is 11.4. The minimum atomic E-state index is -3.88. The smallest absolute Gasteiger partial charge is 0.289 e. The number of benzene rings is 1. The van der Waals surface area contributed by atoms with Crippen LogP contribution in [0.1, 0.15) is 5.76 Å². The lowest BCUT2D eigenvalue weighted by Crippen LogP contribution is -2.23. The molecule has 7 nitrogen and oxygen atoms in total. The van der Waals surface area contributed by atoms with Crippen molar-refractivity contribution in [2.24, 2.45) is 0 Å². The number of sulfonamides is 1. The van der Waals surface area contributed by atoms with Crippen LogP contribution in [0, 0.1) is 10.1 Å². The minimum absolute atomic E-state index is 0.0498. The van der Waals surface area contributed by atoms with E-state index in [1.165, 1.54) is 18.4 Å². The number of halogens is 1. The fourth-order valence-electron chi connectivity index (χ4n) is 1.46. The largest absolute Gasteiger partial charge is 0.468 e. The van der Waals surface area contributed by atoms with Crippen molar-refractivity contribution in [3.8, 4) is 0 Å². The lowest BCUT2D eigenvalue weighted by molar-refractivity contribution is -0.384. The van der Waals surface area contributed by atoms with Crippen LogP contribution >= 0.6 is 11.6 Å². The number of nitrogens with one attached hydrogen (secondary N) is 1. The van der Waals surface area contributed by atoms with E-state index in [1.54, 1.807) is 12.1 Å². The van der Waals surface area contributed by atoms with Crippen LogP contribution in [0.5, 0.6) is 0 Å². The van der Waals surface area contributed by atoms with Crippen molar-refractivity contribution in [1.82, 2.24) is 4.72 Å². The Balaban J connectivity index is 2.25. The molecule has 0 spiro atoms. The average molecular weight is 317 g/mol. The van der Waals surface area contributed by atoms with Gasteiger partial charge in [0.1, 0.15) is 10.8 Å². The third-order valence-electron chi connectivity index (χ3n) is 2.44. The second kappa shape index (κ2) is 5.61. The Morgan fingerprint density at radius 3 is 2.70 bits per heavy atom. The first kappa shape index (κ1) is 14.5. The summed E-state index contributed by atoms with van der Waals surface area (Å²) in [6.07, 6.45) is 1.41. The molecule has 1 N–H and O–H groups in total. The highest BCUT2D eigenvalue weighted by Gasteiger charge is 2.20. The Morgan fingerprint density at radius 2 is 2.10 bits per heavy atom. The van der Waals surface area contributed by atoms with Crippen LogP contribution < -0.4 is 4.72 Å². The van der Waals surface area contributed by atoms with Gasteiger partial charge in [0.15, 0.2) is 0 Å². The summed E-state index contributed by atoms with van der Waals surface area (Å²) in [6.45, 7) is -0.0498. The van der Waals surface area contributed by atoms with E-state index in [1.807, 2.05) is 0 Å². The maximum atomic E-state index is 12.0. The molecule has 9 heteroatoms. The number of rotatable bonds is 5. The van der Waals surface area contributed by atoms with Crippen LogP contribution in [0.15, 0.2) is 45.9 Å². The highest BCUT2D eigenvalue weighted by molar-refractivity contribution is 7.89. The molecule has 0 saturated heterocycles. The molecule has 2 aromatic rings. The van der Waals surface area contributed by atoms with Gasteiger partial charge in [-0.15, -0.1) is 0 Å². The zero-order valence-electron chi connectivity index (χ0n) is 9.95. The molecule has 2 rings (SSSR count). The molecular weight excluding hydrogens is 308 g/mol. The molecule has 0 unspecified atom stereocenters. The van der Waals surface area contributed by atoms with Crippen LogP contribution in [0.3, 0.4) is 0 Å². The zero-order chi connectivity index (χ0) is 14.8. The van der Waals surface area contributed by atoms with Crippen molar-refractivity contribution >= 4 is 27.3 Å². The Kier molecular flexibility index (Phi) is 4.07. The van der Waals surface area contributed by atoms with Crippen LogP contribution in [-0.2, 0) is 16.6 Å². The van der Waals surface area contributed by atoms with E-state index < -0.39 is 20.6 Å². The van der Waals surface area contributed by atoms with Gasteiger partial charge in [-0.05, 0) is 24.3 Å². The van der Waals surface area contributed by atoms with Gasteiger partial charge < -0.3 is 4.42 Å². The summed E-state index contributed by atoms with van der Waals surface area (Å²) in [7, 11) is -3.88. The second-order valence-electron chi connectivity index (χ2n) is 3.77. The van der Waals surface area contributed by atoms with Gasteiger partial charge >= 0.3 is 0 Å². The number of nitro groups is 1. The Morgan fingerprint density at radius 1 is 1.35 bits per heavy atom. The molecular formula is C11H9ClN2O5S. The molecule has 0 aliphatic heterocycles. The third-order valence-corrected chi connectivity index (χ3v) is 4.16. The van der Waals surface area contributed by atoms with E-state index in [9.17, 15) is 18.5 Å². The van der Waals surface area contributed by atoms with Gasteiger partial charge in [0.05, 0.1) is 22.6 Å². The molecule has 0 amide bonds. The van der Waals surface area contributed by atoms with Crippen molar-refractivity contribution in [2.45, 2.75) is 11.4 Å². The lowest BCUT2D eigenvalue weighted by Gasteiger charge is -2.05. The molecule has 1 aromatic heterocycles. The average Bonchev–Trinajstić information content (AvgIpc) is 2.89. The maximum absolute atomic E-state index is 12.0. The number of nitrogens with zero attached hydrogens (tertiary/aromatic N) is 1. The molecule has 20 heavy (non-hydrogen) atoms. The number of nitro benzene ring substituents is 1. The summed E-state index contributed by atoms with van der Waals surface area (Å²) >= 11 is 5.63. The van der Waals surface area contributed by atoms with Gasteiger partial charge in [-0.1, -0.05) is 11.6 Å². The fourth-order valence-corrected chi connectivity index (χ4v) is 2.66. The second-order valence-corrected chi connectivity index (χ2v) is 5.95. The third kappa shape index (κ3) is 3.16. The van der Waals surface area contributed by atoms with Crippen molar-refractivity contribution in [1.29, 1.82) is 0 Å². The number of furan rings is 1. The van der Waals surface area contributed by atoms with Crippen molar-refractivity contribution in [3.63, 3.8) is 0 Å². The monoisotopic (exact) mass is 316 g/mol. The first-order chi connectivity index (χ1) is 9.40. The van der Waals surface area contributed by atoms with E-state index in [0.29, 0.717) is 5.76 Å². The molecule has 0 aliphatic carbocycles. The van der Waals surface area contributed by atoms with Gasteiger partial charge in [-0.2, -0.15) is 0 Å². The molecule has 0 fully saturated rings. The molecule has 0 saturated carbocycles.